The molecule has 1 N–H and O–H groups in total. The van der Waals surface area contributed by atoms with Crippen LogP contribution in [0.25, 0.3) is 0 Å². The number of carbonyl (C=O) groups excluding carboxylic acids is 3. The van der Waals surface area contributed by atoms with E-state index in [1.165, 1.54) is 4.90 Å². The highest BCUT2D eigenvalue weighted by molar-refractivity contribution is 5.93. The van der Waals surface area contributed by atoms with Gasteiger partial charge < -0.3 is 24.6 Å². The average Bonchev–Trinajstić information content (AvgIpc) is 3.23. The number of rotatable bonds is 8. The standard InChI is InChI=1S/C26H31N3O5/c1-33-21-9-5-8-20(14-21)18-34-22-15-28(13-12-19-6-3-2-4-7-19)25(31)17-29(16-22)26(32)23-10-11-24(30)27-23/h2-9,14,22-23H,10-13,15-18H2,1H3,(H,27,30)/t22-,23+/m1/s1. The molecule has 8 heteroatoms. The van der Waals surface area contributed by atoms with E-state index in [0.29, 0.717) is 39.1 Å². The van der Waals surface area contributed by atoms with Crippen LogP contribution in [0.2, 0.25) is 0 Å². The van der Waals surface area contributed by atoms with E-state index in [2.05, 4.69) is 5.32 Å². The normalized spacial score (nSPS) is 20.7. The van der Waals surface area contributed by atoms with Gasteiger partial charge in [0.1, 0.15) is 11.8 Å². The molecule has 2 fully saturated rings. The van der Waals surface area contributed by atoms with Crippen molar-refractivity contribution in [3.63, 3.8) is 0 Å². The van der Waals surface area contributed by atoms with Gasteiger partial charge in [0.2, 0.25) is 17.7 Å². The molecule has 2 aliphatic heterocycles. The molecule has 0 spiro atoms. The van der Waals surface area contributed by atoms with Crippen molar-refractivity contribution in [2.24, 2.45) is 0 Å². The molecule has 0 unspecified atom stereocenters. The fraction of sp³-hybridized carbons (Fsp3) is 0.423. The number of carbonyl (C=O) groups is 3. The first kappa shape index (κ1) is 23.8. The summed E-state index contributed by atoms with van der Waals surface area (Å²) in [5, 5.41) is 2.72. The lowest BCUT2D eigenvalue weighted by Gasteiger charge is -2.26. The van der Waals surface area contributed by atoms with Crippen molar-refractivity contribution in [3.05, 3.63) is 65.7 Å². The summed E-state index contributed by atoms with van der Waals surface area (Å²) in [7, 11) is 1.62. The Bertz CT molecular complexity index is 1010. The van der Waals surface area contributed by atoms with Crippen LogP contribution in [0.1, 0.15) is 24.0 Å². The van der Waals surface area contributed by atoms with Gasteiger partial charge in [0.25, 0.3) is 0 Å². The van der Waals surface area contributed by atoms with E-state index >= 15 is 0 Å². The summed E-state index contributed by atoms with van der Waals surface area (Å²) in [5.41, 5.74) is 2.10. The molecule has 2 saturated heterocycles. The lowest BCUT2D eigenvalue weighted by Crippen LogP contribution is -2.48. The molecule has 2 heterocycles. The maximum Gasteiger partial charge on any atom is 0.245 e. The molecule has 8 nitrogen and oxygen atoms in total. The smallest absolute Gasteiger partial charge is 0.245 e. The van der Waals surface area contributed by atoms with Gasteiger partial charge in [-0.2, -0.15) is 0 Å². The van der Waals surface area contributed by atoms with Gasteiger partial charge in [-0.1, -0.05) is 42.5 Å². The van der Waals surface area contributed by atoms with E-state index < -0.39 is 6.04 Å². The molecule has 0 bridgehead atoms. The van der Waals surface area contributed by atoms with Crippen molar-refractivity contribution >= 4 is 17.7 Å². The second-order valence-corrected chi connectivity index (χ2v) is 8.74. The molecule has 0 aliphatic carbocycles. The van der Waals surface area contributed by atoms with Gasteiger partial charge in [0, 0.05) is 26.1 Å². The first-order valence-electron chi connectivity index (χ1n) is 11.7. The summed E-state index contributed by atoms with van der Waals surface area (Å²) in [6, 6.07) is 17.1. The van der Waals surface area contributed by atoms with E-state index in [1.54, 1.807) is 12.0 Å². The Morgan fingerprint density at radius 1 is 1.06 bits per heavy atom. The van der Waals surface area contributed by atoms with Crippen LogP contribution in [-0.4, -0.2) is 73.0 Å². The van der Waals surface area contributed by atoms with Crippen molar-refractivity contribution in [3.8, 4) is 5.75 Å². The number of nitrogens with one attached hydrogen (secondary N) is 1. The minimum atomic E-state index is -0.574. The Morgan fingerprint density at radius 2 is 1.85 bits per heavy atom. The molecule has 180 valence electrons. The minimum absolute atomic E-state index is 0.0149. The van der Waals surface area contributed by atoms with E-state index in [1.807, 2.05) is 54.6 Å². The van der Waals surface area contributed by atoms with E-state index in [-0.39, 0.29) is 30.4 Å². The highest BCUT2D eigenvalue weighted by Crippen LogP contribution is 2.18. The molecule has 34 heavy (non-hydrogen) atoms. The van der Waals surface area contributed by atoms with Gasteiger partial charge in [-0.25, -0.2) is 0 Å². The predicted molar refractivity (Wildman–Crippen MR) is 126 cm³/mol. The second-order valence-electron chi connectivity index (χ2n) is 8.74. The second kappa shape index (κ2) is 11.2. The van der Waals surface area contributed by atoms with Crippen molar-refractivity contribution < 1.29 is 23.9 Å². The first-order valence-corrected chi connectivity index (χ1v) is 11.7. The number of nitrogens with zero attached hydrogens (tertiary/aromatic N) is 2. The van der Waals surface area contributed by atoms with Gasteiger partial charge in [-0.05, 0) is 36.1 Å². The third kappa shape index (κ3) is 6.14. The predicted octanol–water partition coefficient (Wildman–Crippen LogP) is 1.77. The number of ether oxygens (including phenoxy) is 2. The van der Waals surface area contributed by atoms with Gasteiger partial charge >= 0.3 is 0 Å². The van der Waals surface area contributed by atoms with Crippen LogP contribution in [0.5, 0.6) is 5.75 Å². The SMILES string of the molecule is COc1cccc(CO[C@@H]2CN(CCc3ccccc3)C(=O)CN(C(=O)[C@@H]3CCC(=O)N3)C2)c1. The Balaban J connectivity index is 1.46. The summed E-state index contributed by atoms with van der Waals surface area (Å²) in [6.45, 7) is 1.56. The molecular formula is C26H31N3O5. The number of amides is 3. The number of hydrogen-bond acceptors (Lipinski definition) is 5. The Hall–Kier alpha value is -3.39. The fourth-order valence-corrected chi connectivity index (χ4v) is 4.37. The van der Waals surface area contributed by atoms with Crippen LogP contribution in [0.3, 0.4) is 0 Å². The summed E-state index contributed by atoms with van der Waals surface area (Å²) in [4.78, 5) is 41.2. The largest absolute Gasteiger partial charge is 0.497 e. The minimum Gasteiger partial charge on any atom is -0.497 e. The average molecular weight is 466 g/mol. The zero-order valence-electron chi connectivity index (χ0n) is 19.4. The van der Waals surface area contributed by atoms with Crippen molar-refractivity contribution in [1.29, 1.82) is 0 Å². The maximum atomic E-state index is 13.1. The van der Waals surface area contributed by atoms with Gasteiger partial charge in [0.05, 0.1) is 26.4 Å². The topological polar surface area (TPSA) is 88.2 Å². The summed E-state index contributed by atoms with van der Waals surface area (Å²) < 4.78 is 11.5. The van der Waals surface area contributed by atoms with Gasteiger partial charge in [-0.15, -0.1) is 0 Å². The van der Waals surface area contributed by atoms with Crippen molar-refractivity contribution in [2.75, 3.05) is 33.3 Å². The van der Waals surface area contributed by atoms with Crippen LogP contribution < -0.4 is 10.1 Å². The Labute approximate surface area is 199 Å². The Kier molecular flexibility index (Phi) is 7.80. The molecule has 0 aromatic heterocycles. The molecule has 3 amide bonds. The van der Waals surface area contributed by atoms with Crippen LogP contribution in [0.15, 0.2) is 54.6 Å². The van der Waals surface area contributed by atoms with Gasteiger partial charge in [-0.3, -0.25) is 14.4 Å². The zero-order valence-corrected chi connectivity index (χ0v) is 19.4. The van der Waals surface area contributed by atoms with Crippen LogP contribution >= 0.6 is 0 Å². The van der Waals surface area contributed by atoms with Gasteiger partial charge in [0.15, 0.2) is 0 Å². The molecule has 2 aromatic rings. The molecule has 2 atom stereocenters. The van der Waals surface area contributed by atoms with Crippen LogP contribution in [0.4, 0.5) is 0 Å². The zero-order chi connectivity index (χ0) is 23.9. The third-order valence-corrected chi connectivity index (χ3v) is 6.27. The van der Waals surface area contributed by atoms with E-state index in [0.717, 1.165) is 23.3 Å². The summed E-state index contributed by atoms with van der Waals surface area (Å²) in [6.07, 6.45) is 1.16. The molecule has 0 saturated carbocycles. The maximum absolute atomic E-state index is 13.1. The van der Waals surface area contributed by atoms with Crippen LogP contribution in [-0.2, 0) is 32.1 Å². The van der Waals surface area contributed by atoms with Crippen LogP contribution in [0, 0.1) is 0 Å². The Morgan fingerprint density at radius 3 is 2.59 bits per heavy atom. The lowest BCUT2D eigenvalue weighted by molar-refractivity contribution is -0.140. The van der Waals surface area contributed by atoms with E-state index in [9.17, 15) is 14.4 Å². The monoisotopic (exact) mass is 465 g/mol. The van der Waals surface area contributed by atoms with E-state index in [4.69, 9.17) is 9.47 Å². The first-order chi connectivity index (χ1) is 16.5. The number of methoxy groups -OCH3 is 1. The van der Waals surface area contributed by atoms with Crippen molar-refractivity contribution in [1.82, 2.24) is 15.1 Å². The third-order valence-electron chi connectivity index (χ3n) is 6.27. The molecule has 2 aliphatic rings. The summed E-state index contributed by atoms with van der Waals surface area (Å²) in [5.74, 6) is 0.283. The highest BCUT2D eigenvalue weighted by Gasteiger charge is 2.36. The fourth-order valence-electron chi connectivity index (χ4n) is 4.37. The summed E-state index contributed by atoms with van der Waals surface area (Å²) >= 11 is 0. The lowest BCUT2D eigenvalue weighted by atomic mass is 10.1. The molecular weight excluding hydrogens is 434 g/mol. The molecule has 2 aromatic carbocycles. The van der Waals surface area contributed by atoms with Crippen molar-refractivity contribution in [2.45, 2.75) is 38.0 Å². The molecule has 4 rings (SSSR count). The number of hydrogen-bond donors (Lipinski definition) is 1. The quantitative estimate of drug-likeness (QED) is 0.642. The highest BCUT2D eigenvalue weighted by atomic mass is 16.5. The molecule has 0 radical (unpaired) electrons. The number of benzene rings is 2.